The fraction of sp³-hybridized carbons (Fsp3) is 0.385. The Morgan fingerprint density at radius 1 is 1.07 bits per heavy atom. The average molecular weight is 200 g/mol. The molecular weight excluding hydrogens is 184 g/mol. The van der Waals surface area contributed by atoms with Crippen molar-refractivity contribution in [3.8, 4) is 0 Å². The Hall–Kier alpha value is -1.44. The molecule has 2 rings (SSSR count). The summed E-state index contributed by atoms with van der Waals surface area (Å²) in [6, 6.07) is 6.10. The lowest BCUT2D eigenvalue weighted by Crippen LogP contribution is -2.12. The van der Waals surface area contributed by atoms with Gasteiger partial charge in [0.05, 0.1) is 11.0 Å². The molecule has 2 aromatic heterocycles. The van der Waals surface area contributed by atoms with Crippen LogP contribution in [0.25, 0.3) is 11.0 Å². The lowest BCUT2D eigenvalue weighted by molar-refractivity contribution is 0.594. The van der Waals surface area contributed by atoms with Crippen molar-refractivity contribution in [2.45, 2.75) is 33.1 Å². The predicted molar refractivity (Wildman–Crippen MR) is 63.0 cm³/mol. The minimum absolute atomic E-state index is 0.113. The second kappa shape index (κ2) is 3.30. The van der Waals surface area contributed by atoms with E-state index in [1.54, 1.807) is 0 Å². The van der Waals surface area contributed by atoms with Crippen LogP contribution >= 0.6 is 0 Å². The van der Waals surface area contributed by atoms with Crippen LogP contribution in [0.5, 0.6) is 0 Å². The van der Waals surface area contributed by atoms with E-state index in [0.717, 1.165) is 16.7 Å². The van der Waals surface area contributed by atoms with Gasteiger partial charge in [-0.15, -0.1) is 0 Å². The van der Waals surface area contributed by atoms with E-state index in [1.165, 1.54) is 5.56 Å². The standard InChI is InChI=1S/C13H16N2/c1-9-5-6-11-12(15-9)10(7-8-14-11)13(2,3)4/h5-8H,1-4H3. The van der Waals surface area contributed by atoms with Crippen molar-refractivity contribution in [1.82, 2.24) is 9.97 Å². The largest absolute Gasteiger partial charge is 0.255 e. The molecule has 0 aliphatic heterocycles. The molecule has 78 valence electrons. The van der Waals surface area contributed by atoms with Crippen LogP contribution in [0.1, 0.15) is 32.0 Å². The van der Waals surface area contributed by atoms with Gasteiger partial charge >= 0.3 is 0 Å². The predicted octanol–water partition coefficient (Wildman–Crippen LogP) is 3.24. The van der Waals surface area contributed by atoms with Crippen LogP contribution in [-0.4, -0.2) is 9.97 Å². The van der Waals surface area contributed by atoms with Crippen LogP contribution in [0.15, 0.2) is 24.4 Å². The Kier molecular flexibility index (Phi) is 2.22. The molecule has 15 heavy (non-hydrogen) atoms. The highest BCUT2D eigenvalue weighted by Crippen LogP contribution is 2.27. The van der Waals surface area contributed by atoms with Crippen molar-refractivity contribution >= 4 is 11.0 Å². The SMILES string of the molecule is Cc1ccc2nccc(C(C)(C)C)c2n1. The zero-order chi connectivity index (χ0) is 11.1. The van der Waals surface area contributed by atoms with Gasteiger partial charge in [-0.2, -0.15) is 0 Å². The van der Waals surface area contributed by atoms with Crippen molar-refractivity contribution in [3.05, 3.63) is 35.7 Å². The molecule has 2 aromatic rings. The van der Waals surface area contributed by atoms with Gasteiger partial charge in [0, 0.05) is 11.9 Å². The molecule has 0 radical (unpaired) electrons. The van der Waals surface area contributed by atoms with Gasteiger partial charge in [-0.25, -0.2) is 0 Å². The average Bonchev–Trinajstić information content (AvgIpc) is 2.15. The molecule has 0 amide bonds. The van der Waals surface area contributed by atoms with E-state index in [9.17, 15) is 0 Å². The number of hydrogen-bond acceptors (Lipinski definition) is 2. The number of fused-ring (bicyclic) bond motifs is 1. The molecule has 0 bridgehead atoms. The van der Waals surface area contributed by atoms with Gasteiger partial charge in [0.2, 0.25) is 0 Å². The Bertz CT molecular complexity index is 495. The highest BCUT2D eigenvalue weighted by atomic mass is 14.8. The zero-order valence-corrected chi connectivity index (χ0v) is 9.70. The smallest absolute Gasteiger partial charge is 0.0927 e. The first-order valence-electron chi connectivity index (χ1n) is 5.21. The minimum atomic E-state index is 0.113. The van der Waals surface area contributed by atoms with Crippen molar-refractivity contribution in [1.29, 1.82) is 0 Å². The van der Waals surface area contributed by atoms with Crippen molar-refractivity contribution in [2.75, 3.05) is 0 Å². The van der Waals surface area contributed by atoms with Gasteiger partial charge < -0.3 is 0 Å². The first-order chi connectivity index (χ1) is 6.98. The summed E-state index contributed by atoms with van der Waals surface area (Å²) in [5, 5.41) is 0. The van der Waals surface area contributed by atoms with Crippen LogP contribution in [-0.2, 0) is 5.41 Å². The summed E-state index contributed by atoms with van der Waals surface area (Å²) in [4.78, 5) is 8.91. The van der Waals surface area contributed by atoms with Crippen LogP contribution in [0.3, 0.4) is 0 Å². The molecule has 0 aliphatic rings. The lowest BCUT2D eigenvalue weighted by atomic mass is 9.86. The highest BCUT2D eigenvalue weighted by Gasteiger charge is 2.17. The van der Waals surface area contributed by atoms with E-state index in [0.29, 0.717) is 0 Å². The minimum Gasteiger partial charge on any atom is -0.255 e. The van der Waals surface area contributed by atoms with Crippen molar-refractivity contribution in [3.63, 3.8) is 0 Å². The third-order valence-electron chi connectivity index (χ3n) is 2.53. The van der Waals surface area contributed by atoms with Gasteiger partial charge in [-0.3, -0.25) is 9.97 Å². The number of aromatic nitrogens is 2. The zero-order valence-electron chi connectivity index (χ0n) is 9.70. The van der Waals surface area contributed by atoms with E-state index in [1.807, 2.05) is 25.3 Å². The maximum atomic E-state index is 4.58. The van der Waals surface area contributed by atoms with Gasteiger partial charge in [-0.1, -0.05) is 20.8 Å². The van der Waals surface area contributed by atoms with Gasteiger partial charge in [0.15, 0.2) is 0 Å². The van der Waals surface area contributed by atoms with Gasteiger partial charge in [-0.05, 0) is 36.1 Å². The summed E-state index contributed by atoms with van der Waals surface area (Å²) in [6.07, 6.45) is 1.86. The summed E-state index contributed by atoms with van der Waals surface area (Å²) in [5.41, 5.74) is 4.43. The van der Waals surface area contributed by atoms with E-state index in [4.69, 9.17) is 0 Å². The first-order valence-corrected chi connectivity index (χ1v) is 5.21. The Morgan fingerprint density at radius 2 is 1.80 bits per heavy atom. The quantitative estimate of drug-likeness (QED) is 0.652. The molecule has 0 saturated heterocycles. The summed E-state index contributed by atoms with van der Waals surface area (Å²) in [5.74, 6) is 0. The van der Waals surface area contributed by atoms with Crippen molar-refractivity contribution in [2.24, 2.45) is 0 Å². The number of hydrogen-bond donors (Lipinski definition) is 0. The monoisotopic (exact) mass is 200 g/mol. The molecule has 0 spiro atoms. The normalized spacial score (nSPS) is 12.0. The molecule has 2 heteroatoms. The van der Waals surface area contributed by atoms with E-state index < -0.39 is 0 Å². The number of aryl methyl sites for hydroxylation is 1. The molecule has 0 saturated carbocycles. The van der Waals surface area contributed by atoms with Crippen LogP contribution in [0.2, 0.25) is 0 Å². The maximum Gasteiger partial charge on any atom is 0.0927 e. The van der Waals surface area contributed by atoms with Crippen LogP contribution in [0, 0.1) is 6.92 Å². The Balaban J connectivity index is 2.80. The molecule has 0 aromatic carbocycles. The number of nitrogens with zero attached hydrogens (tertiary/aromatic N) is 2. The van der Waals surface area contributed by atoms with Gasteiger partial charge in [0.25, 0.3) is 0 Å². The summed E-state index contributed by atoms with van der Waals surface area (Å²) in [7, 11) is 0. The Labute approximate surface area is 90.4 Å². The number of pyridine rings is 2. The fourth-order valence-electron chi connectivity index (χ4n) is 1.73. The summed E-state index contributed by atoms with van der Waals surface area (Å²) in [6.45, 7) is 8.61. The van der Waals surface area contributed by atoms with E-state index in [-0.39, 0.29) is 5.41 Å². The van der Waals surface area contributed by atoms with Crippen LogP contribution in [0.4, 0.5) is 0 Å². The lowest BCUT2D eigenvalue weighted by Gasteiger charge is -2.20. The molecule has 2 heterocycles. The first kappa shape index (κ1) is 10.1. The van der Waals surface area contributed by atoms with E-state index >= 15 is 0 Å². The molecule has 2 nitrogen and oxygen atoms in total. The summed E-state index contributed by atoms with van der Waals surface area (Å²) < 4.78 is 0. The second-order valence-corrected chi connectivity index (χ2v) is 4.93. The second-order valence-electron chi connectivity index (χ2n) is 4.93. The third kappa shape index (κ3) is 1.84. The molecule has 0 N–H and O–H groups in total. The van der Waals surface area contributed by atoms with Crippen molar-refractivity contribution < 1.29 is 0 Å². The highest BCUT2D eigenvalue weighted by molar-refractivity contribution is 5.78. The molecule has 0 fully saturated rings. The fourth-order valence-corrected chi connectivity index (χ4v) is 1.73. The Morgan fingerprint density at radius 3 is 2.47 bits per heavy atom. The topological polar surface area (TPSA) is 25.8 Å². The third-order valence-corrected chi connectivity index (χ3v) is 2.53. The molecule has 0 aliphatic carbocycles. The van der Waals surface area contributed by atoms with Gasteiger partial charge in [0.1, 0.15) is 0 Å². The van der Waals surface area contributed by atoms with Crippen LogP contribution < -0.4 is 0 Å². The number of rotatable bonds is 0. The maximum absolute atomic E-state index is 4.58. The summed E-state index contributed by atoms with van der Waals surface area (Å²) >= 11 is 0. The molecule has 0 atom stereocenters. The molecular formula is C13H16N2. The van der Waals surface area contributed by atoms with E-state index in [2.05, 4.69) is 36.8 Å². The molecule has 0 unspecified atom stereocenters.